The van der Waals surface area contributed by atoms with Gasteiger partial charge in [-0.2, -0.15) is 0 Å². The molecule has 2 unspecified atom stereocenters. The van der Waals surface area contributed by atoms with Crippen LogP contribution in [0.2, 0.25) is 0 Å². The number of carbonyl (C=O) groups is 1. The molecule has 0 saturated carbocycles. The molecule has 0 aromatic heterocycles. The van der Waals surface area contributed by atoms with E-state index < -0.39 is 0 Å². The summed E-state index contributed by atoms with van der Waals surface area (Å²) in [5.41, 5.74) is 5.89. The smallest absolute Gasteiger partial charge is 0.143 e. The van der Waals surface area contributed by atoms with Gasteiger partial charge in [0.15, 0.2) is 0 Å². The van der Waals surface area contributed by atoms with Gasteiger partial charge >= 0.3 is 0 Å². The normalized spacial score (nSPS) is 31.9. The molecule has 0 aromatic carbocycles. The average molecular weight is 170 g/mol. The van der Waals surface area contributed by atoms with E-state index in [0.717, 1.165) is 13.0 Å². The van der Waals surface area contributed by atoms with E-state index in [1.165, 1.54) is 6.42 Å². The van der Waals surface area contributed by atoms with Crippen molar-refractivity contribution in [2.45, 2.75) is 32.9 Å². The molecule has 1 rings (SSSR count). The lowest BCUT2D eigenvalue weighted by Gasteiger charge is -2.35. The fourth-order valence-electron chi connectivity index (χ4n) is 1.71. The number of likely N-dealkylation sites (tertiary alicyclic amines) is 1. The van der Waals surface area contributed by atoms with Crippen LogP contribution in [0.15, 0.2) is 0 Å². The van der Waals surface area contributed by atoms with Gasteiger partial charge in [0, 0.05) is 6.54 Å². The molecule has 0 radical (unpaired) electrons. The lowest BCUT2D eigenvalue weighted by Crippen LogP contribution is -2.49. The number of carbonyl (C=O) groups excluding carboxylic acids is 1. The summed E-state index contributed by atoms with van der Waals surface area (Å²) in [7, 11) is 0. The van der Waals surface area contributed by atoms with Gasteiger partial charge in [0.2, 0.25) is 0 Å². The van der Waals surface area contributed by atoms with Crippen LogP contribution in [-0.2, 0) is 4.79 Å². The Morgan fingerprint density at radius 2 is 2.33 bits per heavy atom. The predicted molar refractivity (Wildman–Crippen MR) is 48.6 cm³/mol. The Balaban J connectivity index is 2.39. The number of nitrogens with two attached hydrogens (primary N) is 1. The summed E-state index contributed by atoms with van der Waals surface area (Å²) in [6.07, 6.45) is 2.28. The molecule has 3 heteroatoms. The zero-order chi connectivity index (χ0) is 9.14. The van der Waals surface area contributed by atoms with Crippen molar-refractivity contribution in [1.29, 1.82) is 0 Å². The van der Waals surface area contributed by atoms with Crippen LogP contribution in [0.3, 0.4) is 0 Å². The second-order valence-electron chi connectivity index (χ2n) is 3.87. The summed E-state index contributed by atoms with van der Waals surface area (Å²) >= 11 is 0. The van der Waals surface area contributed by atoms with Gasteiger partial charge in [0.1, 0.15) is 5.78 Å². The molecule has 1 saturated heterocycles. The minimum Gasteiger partial charge on any atom is -0.316 e. The lowest BCUT2D eigenvalue weighted by molar-refractivity contribution is -0.119. The molecule has 3 nitrogen and oxygen atoms in total. The van der Waals surface area contributed by atoms with Crippen LogP contribution in [0.25, 0.3) is 0 Å². The topological polar surface area (TPSA) is 46.3 Å². The Labute approximate surface area is 73.9 Å². The molecular formula is C9H18N2O. The molecule has 12 heavy (non-hydrogen) atoms. The van der Waals surface area contributed by atoms with Gasteiger partial charge in [-0.15, -0.1) is 0 Å². The predicted octanol–water partition coefficient (Wildman–Crippen LogP) is 0.592. The van der Waals surface area contributed by atoms with E-state index in [1.54, 1.807) is 6.92 Å². The molecule has 0 spiro atoms. The Morgan fingerprint density at radius 3 is 2.83 bits per heavy atom. The molecule has 1 fully saturated rings. The molecule has 0 aliphatic carbocycles. The van der Waals surface area contributed by atoms with Gasteiger partial charge in [0.25, 0.3) is 0 Å². The summed E-state index contributed by atoms with van der Waals surface area (Å²) in [5.74, 6) is 0.920. The van der Waals surface area contributed by atoms with E-state index in [9.17, 15) is 4.79 Å². The molecule has 2 N–H and O–H groups in total. The number of rotatable bonds is 2. The van der Waals surface area contributed by atoms with Crippen molar-refractivity contribution in [2.24, 2.45) is 11.7 Å². The minimum absolute atomic E-state index is 0.0950. The van der Waals surface area contributed by atoms with Crippen LogP contribution in [0, 0.1) is 5.92 Å². The average Bonchev–Trinajstić information content (AvgIpc) is 1.94. The number of hydrogen-bond acceptors (Lipinski definition) is 3. The van der Waals surface area contributed by atoms with Crippen LogP contribution in [0.4, 0.5) is 0 Å². The highest BCUT2D eigenvalue weighted by atomic mass is 16.1. The third-order valence-electron chi connectivity index (χ3n) is 2.45. The first kappa shape index (κ1) is 9.68. The van der Waals surface area contributed by atoms with Gasteiger partial charge in [-0.25, -0.2) is 0 Å². The summed E-state index contributed by atoms with van der Waals surface area (Å²) < 4.78 is 0. The summed E-state index contributed by atoms with van der Waals surface area (Å²) in [4.78, 5) is 12.9. The SMILES string of the molecule is CC(=O)CN1CCC(C)CC1N. The Morgan fingerprint density at radius 1 is 1.67 bits per heavy atom. The van der Waals surface area contributed by atoms with Gasteiger partial charge in [-0.3, -0.25) is 9.69 Å². The zero-order valence-electron chi connectivity index (χ0n) is 7.92. The van der Waals surface area contributed by atoms with E-state index in [0.29, 0.717) is 12.5 Å². The summed E-state index contributed by atoms with van der Waals surface area (Å²) in [6, 6.07) is 0. The van der Waals surface area contributed by atoms with E-state index in [4.69, 9.17) is 5.73 Å². The van der Waals surface area contributed by atoms with E-state index in [-0.39, 0.29) is 11.9 Å². The molecular weight excluding hydrogens is 152 g/mol. The highest BCUT2D eigenvalue weighted by Crippen LogP contribution is 2.18. The van der Waals surface area contributed by atoms with Gasteiger partial charge < -0.3 is 5.73 Å². The fraction of sp³-hybridized carbons (Fsp3) is 0.889. The number of piperidine rings is 1. The molecule has 0 aromatic rings. The van der Waals surface area contributed by atoms with Crippen molar-refractivity contribution < 1.29 is 4.79 Å². The van der Waals surface area contributed by atoms with Crippen LogP contribution < -0.4 is 5.73 Å². The van der Waals surface area contributed by atoms with Crippen molar-refractivity contribution in [1.82, 2.24) is 4.90 Å². The monoisotopic (exact) mass is 170 g/mol. The fourth-order valence-corrected chi connectivity index (χ4v) is 1.71. The zero-order valence-corrected chi connectivity index (χ0v) is 7.92. The van der Waals surface area contributed by atoms with Crippen molar-refractivity contribution in [3.63, 3.8) is 0 Å². The van der Waals surface area contributed by atoms with Gasteiger partial charge in [-0.05, 0) is 25.7 Å². The lowest BCUT2D eigenvalue weighted by atomic mass is 9.97. The number of ketones is 1. The first-order valence-electron chi connectivity index (χ1n) is 4.58. The Bertz CT molecular complexity index is 170. The molecule has 2 atom stereocenters. The summed E-state index contributed by atoms with van der Waals surface area (Å²) in [5, 5.41) is 0. The molecule has 70 valence electrons. The van der Waals surface area contributed by atoms with Crippen molar-refractivity contribution >= 4 is 5.78 Å². The third-order valence-corrected chi connectivity index (χ3v) is 2.45. The summed E-state index contributed by atoms with van der Waals surface area (Å²) in [6.45, 7) is 5.32. The van der Waals surface area contributed by atoms with Crippen LogP contribution in [0.1, 0.15) is 26.7 Å². The molecule has 1 heterocycles. The number of Topliss-reactive ketones (excluding diaryl/α,β-unsaturated/α-hetero) is 1. The van der Waals surface area contributed by atoms with Crippen LogP contribution >= 0.6 is 0 Å². The standard InChI is InChI=1S/C9H18N2O/c1-7-3-4-11(6-8(2)12)9(10)5-7/h7,9H,3-6,10H2,1-2H3. The first-order valence-corrected chi connectivity index (χ1v) is 4.58. The van der Waals surface area contributed by atoms with E-state index in [1.807, 2.05) is 0 Å². The van der Waals surface area contributed by atoms with Crippen molar-refractivity contribution in [2.75, 3.05) is 13.1 Å². The van der Waals surface area contributed by atoms with Gasteiger partial charge in [0.05, 0.1) is 12.7 Å². The van der Waals surface area contributed by atoms with Gasteiger partial charge in [-0.1, -0.05) is 6.92 Å². The second kappa shape index (κ2) is 4.01. The largest absolute Gasteiger partial charge is 0.316 e. The molecule has 1 aliphatic rings. The third kappa shape index (κ3) is 2.57. The van der Waals surface area contributed by atoms with E-state index >= 15 is 0 Å². The van der Waals surface area contributed by atoms with Crippen LogP contribution in [0.5, 0.6) is 0 Å². The van der Waals surface area contributed by atoms with Crippen molar-refractivity contribution in [3.8, 4) is 0 Å². The maximum absolute atomic E-state index is 10.8. The van der Waals surface area contributed by atoms with Crippen molar-refractivity contribution in [3.05, 3.63) is 0 Å². The highest BCUT2D eigenvalue weighted by Gasteiger charge is 2.23. The maximum Gasteiger partial charge on any atom is 0.143 e. The number of nitrogens with zero attached hydrogens (tertiary/aromatic N) is 1. The minimum atomic E-state index is 0.0950. The Kier molecular flexibility index (Phi) is 3.23. The second-order valence-corrected chi connectivity index (χ2v) is 3.87. The Hall–Kier alpha value is -0.410. The highest BCUT2D eigenvalue weighted by molar-refractivity contribution is 5.77. The first-order chi connectivity index (χ1) is 5.59. The maximum atomic E-state index is 10.8. The van der Waals surface area contributed by atoms with Crippen LogP contribution in [-0.4, -0.2) is 29.9 Å². The molecule has 1 aliphatic heterocycles. The quantitative estimate of drug-likeness (QED) is 0.660. The molecule has 0 bridgehead atoms. The number of hydrogen-bond donors (Lipinski definition) is 1. The molecule has 0 amide bonds. The van der Waals surface area contributed by atoms with E-state index in [2.05, 4.69) is 11.8 Å².